The summed E-state index contributed by atoms with van der Waals surface area (Å²) in [7, 11) is 1.59. The van der Waals surface area contributed by atoms with Gasteiger partial charge in [-0.1, -0.05) is 19.9 Å². The van der Waals surface area contributed by atoms with Gasteiger partial charge in [-0.05, 0) is 37.5 Å². The summed E-state index contributed by atoms with van der Waals surface area (Å²) in [5.74, 6) is 1.48. The molecule has 0 aliphatic carbocycles. The summed E-state index contributed by atoms with van der Waals surface area (Å²) in [5, 5.41) is 6.00. The van der Waals surface area contributed by atoms with Crippen LogP contribution in [0.2, 0.25) is 0 Å². The third-order valence-corrected chi connectivity index (χ3v) is 3.42. The molecule has 0 saturated heterocycles. The lowest BCUT2D eigenvalue weighted by molar-refractivity contribution is 0.102. The van der Waals surface area contributed by atoms with E-state index >= 15 is 0 Å². The number of nitrogens with zero attached hydrogens (tertiary/aromatic N) is 2. The Morgan fingerprint density at radius 1 is 1.25 bits per heavy atom. The standard InChI is InChI=1S/C18H24N4O2/c1-12(2)8-9-19-18-20-13(3)10-16(22-18)17(23)21-14-6-5-7-15(11-14)24-4/h5-7,10-12H,8-9H2,1-4H3,(H,21,23)(H,19,20,22). The van der Waals surface area contributed by atoms with E-state index in [1.54, 1.807) is 25.3 Å². The fourth-order valence-electron chi connectivity index (χ4n) is 2.13. The molecule has 128 valence electrons. The number of benzene rings is 1. The van der Waals surface area contributed by atoms with Crippen LogP contribution in [-0.4, -0.2) is 29.5 Å². The number of amides is 1. The highest BCUT2D eigenvalue weighted by Gasteiger charge is 2.11. The van der Waals surface area contributed by atoms with E-state index in [1.165, 1.54) is 0 Å². The van der Waals surface area contributed by atoms with Crippen LogP contribution in [0.4, 0.5) is 11.6 Å². The number of aryl methyl sites for hydroxylation is 1. The maximum atomic E-state index is 12.4. The van der Waals surface area contributed by atoms with Gasteiger partial charge in [0.25, 0.3) is 5.91 Å². The van der Waals surface area contributed by atoms with Gasteiger partial charge in [-0.15, -0.1) is 0 Å². The van der Waals surface area contributed by atoms with Crippen molar-refractivity contribution in [3.63, 3.8) is 0 Å². The zero-order chi connectivity index (χ0) is 17.5. The third kappa shape index (κ3) is 5.22. The molecule has 2 N–H and O–H groups in total. The minimum atomic E-state index is -0.277. The zero-order valence-electron chi connectivity index (χ0n) is 14.6. The van der Waals surface area contributed by atoms with Crippen molar-refractivity contribution >= 4 is 17.5 Å². The SMILES string of the molecule is COc1cccc(NC(=O)c2cc(C)nc(NCCC(C)C)n2)c1. The molecule has 0 spiro atoms. The summed E-state index contributed by atoms with van der Waals surface area (Å²) in [4.78, 5) is 21.1. The second-order valence-corrected chi connectivity index (χ2v) is 6.01. The van der Waals surface area contributed by atoms with Crippen molar-refractivity contribution in [2.24, 2.45) is 5.92 Å². The summed E-state index contributed by atoms with van der Waals surface area (Å²) < 4.78 is 5.16. The van der Waals surface area contributed by atoms with E-state index in [2.05, 4.69) is 34.4 Å². The molecule has 6 heteroatoms. The number of anilines is 2. The molecule has 1 amide bonds. The maximum Gasteiger partial charge on any atom is 0.274 e. The van der Waals surface area contributed by atoms with Gasteiger partial charge in [0, 0.05) is 24.0 Å². The Bertz CT molecular complexity index is 701. The third-order valence-electron chi connectivity index (χ3n) is 3.42. The van der Waals surface area contributed by atoms with Gasteiger partial charge in [0.2, 0.25) is 5.95 Å². The molecule has 0 bridgehead atoms. The number of aromatic nitrogens is 2. The number of rotatable bonds is 7. The van der Waals surface area contributed by atoms with Gasteiger partial charge in [0.15, 0.2) is 0 Å². The van der Waals surface area contributed by atoms with Crippen LogP contribution in [0.1, 0.15) is 36.5 Å². The van der Waals surface area contributed by atoms with E-state index in [0.717, 1.165) is 18.7 Å². The van der Waals surface area contributed by atoms with Crippen molar-refractivity contribution in [1.82, 2.24) is 9.97 Å². The average molecular weight is 328 g/mol. The first-order valence-corrected chi connectivity index (χ1v) is 8.03. The molecule has 0 aliphatic rings. The molecule has 1 heterocycles. The highest BCUT2D eigenvalue weighted by molar-refractivity contribution is 6.03. The zero-order valence-corrected chi connectivity index (χ0v) is 14.6. The molecule has 2 rings (SSSR count). The highest BCUT2D eigenvalue weighted by Crippen LogP contribution is 2.17. The minimum Gasteiger partial charge on any atom is -0.497 e. The number of carbonyl (C=O) groups is 1. The molecular formula is C18H24N4O2. The Labute approximate surface area is 142 Å². The van der Waals surface area contributed by atoms with Crippen molar-refractivity contribution in [2.75, 3.05) is 24.3 Å². The minimum absolute atomic E-state index is 0.277. The van der Waals surface area contributed by atoms with Crippen LogP contribution >= 0.6 is 0 Å². The monoisotopic (exact) mass is 328 g/mol. The summed E-state index contributed by atoms with van der Waals surface area (Å²) in [6, 6.07) is 8.87. The second-order valence-electron chi connectivity index (χ2n) is 6.01. The molecule has 6 nitrogen and oxygen atoms in total. The topological polar surface area (TPSA) is 76.1 Å². The van der Waals surface area contributed by atoms with E-state index in [1.807, 2.05) is 19.1 Å². The molecule has 1 aromatic heterocycles. The molecule has 1 aromatic carbocycles. The fraction of sp³-hybridized carbons (Fsp3) is 0.389. The van der Waals surface area contributed by atoms with E-state index in [9.17, 15) is 4.79 Å². The van der Waals surface area contributed by atoms with Crippen LogP contribution in [0.3, 0.4) is 0 Å². The van der Waals surface area contributed by atoms with Crippen LogP contribution in [0.25, 0.3) is 0 Å². The number of nitrogens with one attached hydrogen (secondary N) is 2. The molecule has 0 unspecified atom stereocenters. The van der Waals surface area contributed by atoms with Gasteiger partial charge < -0.3 is 15.4 Å². The molecule has 0 radical (unpaired) electrons. The first-order valence-electron chi connectivity index (χ1n) is 8.03. The molecule has 0 fully saturated rings. The lowest BCUT2D eigenvalue weighted by Crippen LogP contribution is -2.16. The van der Waals surface area contributed by atoms with Crippen molar-refractivity contribution < 1.29 is 9.53 Å². The summed E-state index contributed by atoms with van der Waals surface area (Å²) >= 11 is 0. The predicted molar refractivity (Wildman–Crippen MR) is 95.7 cm³/mol. The number of hydrogen-bond acceptors (Lipinski definition) is 5. The van der Waals surface area contributed by atoms with E-state index in [0.29, 0.717) is 29.0 Å². The molecule has 0 saturated carbocycles. The van der Waals surface area contributed by atoms with Gasteiger partial charge in [0.1, 0.15) is 11.4 Å². The van der Waals surface area contributed by atoms with E-state index in [-0.39, 0.29) is 5.91 Å². The van der Waals surface area contributed by atoms with Gasteiger partial charge in [0.05, 0.1) is 7.11 Å². The van der Waals surface area contributed by atoms with Gasteiger partial charge in [-0.2, -0.15) is 0 Å². The second kappa shape index (κ2) is 8.29. The highest BCUT2D eigenvalue weighted by atomic mass is 16.5. The lowest BCUT2D eigenvalue weighted by Gasteiger charge is -2.10. The van der Waals surface area contributed by atoms with Crippen molar-refractivity contribution in [3.05, 3.63) is 41.7 Å². The number of carbonyl (C=O) groups excluding carboxylic acids is 1. The number of hydrogen-bond donors (Lipinski definition) is 2. The van der Waals surface area contributed by atoms with Crippen molar-refractivity contribution in [3.8, 4) is 5.75 Å². The largest absolute Gasteiger partial charge is 0.497 e. The van der Waals surface area contributed by atoms with E-state index < -0.39 is 0 Å². The van der Waals surface area contributed by atoms with Crippen LogP contribution in [-0.2, 0) is 0 Å². The number of ether oxygens (including phenoxy) is 1. The molecular weight excluding hydrogens is 304 g/mol. The summed E-state index contributed by atoms with van der Waals surface area (Å²) in [5.41, 5.74) is 1.73. The number of methoxy groups -OCH3 is 1. The average Bonchev–Trinajstić information content (AvgIpc) is 2.54. The quantitative estimate of drug-likeness (QED) is 0.813. The first kappa shape index (κ1) is 17.7. The Kier molecular flexibility index (Phi) is 6.12. The van der Waals surface area contributed by atoms with Crippen LogP contribution in [0.15, 0.2) is 30.3 Å². The summed E-state index contributed by atoms with van der Waals surface area (Å²) in [6.45, 7) is 6.94. The van der Waals surface area contributed by atoms with Gasteiger partial charge in [-0.25, -0.2) is 9.97 Å². The Balaban J connectivity index is 2.09. The Morgan fingerprint density at radius 2 is 2.04 bits per heavy atom. The maximum absolute atomic E-state index is 12.4. The van der Waals surface area contributed by atoms with E-state index in [4.69, 9.17) is 4.74 Å². The van der Waals surface area contributed by atoms with Crippen LogP contribution < -0.4 is 15.4 Å². The molecule has 24 heavy (non-hydrogen) atoms. The Hall–Kier alpha value is -2.63. The first-order chi connectivity index (χ1) is 11.5. The summed E-state index contributed by atoms with van der Waals surface area (Å²) in [6.07, 6.45) is 1.02. The van der Waals surface area contributed by atoms with Crippen molar-refractivity contribution in [1.29, 1.82) is 0 Å². The van der Waals surface area contributed by atoms with Crippen LogP contribution in [0, 0.1) is 12.8 Å². The lowest BCUT2D eigenvalue weighted by atomic mass is 10.1. The Morgan fingerprint density at radius 3 is 2.75 bits per heavy atom. The van der Waals surface area contributed by atoms with Gasteiger partial charge in [-0.3, -0.25) is 4.79 Å². The fourth-order valence-corrected chi connectivity index (χ4v) is 2.13. The molecule has 0 aliphatic heterocycles. The predicted octanol–water partition coefficient (Wildman–Crippen LogP) is 3.50. The van der Waals surface area contributed by atoms with Gasteiger partial charge >= 0.3 is 0 Å². The van der Waals surface area contributed by atoms with Crippen LogP contribution in [0.5, 0.6) is 5.75 Å². The normalized spacial score (nSPS) is 10.5. The molecule has 0 atom stereocenters. The molecule has 2 aromatic rings. The van der Waals surface area contributed by atoms with Crippen molar-refractivity contribution in [2.45, 2.75) is 27.2 Å². The smallest absolute Gasteiger partial charge is 0.274 e.